The van der Waals surface area contributed by atoms with E-state index >= 15 is 0 Å². The van der Waals surface area contributed by atoms with Gasteiger partial charge in [0.15, 0.2) is 0 Å². The van der Waals surface area contributed by atoms with Crippen LogP contribution >= 0.6 is 0 Å². The van der Waals surface area contributed by atoms with Crippen molar-refractivity contribution in [3.05, 3.63) is 59.4 Å². The van der Waals surface area contributed by atoms with Crippen LogP contribution in [0.2, 0.25) is 0 Å². The smallest absolute Gasteiger partial charge is 0.254 e. The van der Waals surface area contributed by atoms with Crippen molar-refractivity contribution in [3.63, 3.8) is 0 Å². The van der Waals surface area contributed by atoms with Crippen LogP contribution in [0, 0.1) is 5.82 Å². The summed E-state index contributed by atoms with van der Waals surface area (Å²) in [5.74, 6) is -0.404. The number of halogens is 1. The molecule has 1 atom stereocenters. The van der Waals surface area contributed by atoms with Gasteiger partial charge in [-0.05, 0) is 42.8 Å². The Bertz CT molecular complexity index is 658. The highest BCUT2D eigenvalue weighted by atomic mass is 19.1. The predicted octanol–water partition coefficient (Wildman–Crippen LogP) is 2.91. The topological polar surface area (TPSA) is 64.3 Å². The Kier molecular flexibility index (Phi) is 4.42. The van der Waals surface area contributed by atoms with Gasteiger partial charge in [-0.25, -0.2) is 4.39 Å². The summed E-state index contributed by atoms with van der Waals surface area (Å²) in [7, 11) is 1.57. The number of benzene rings is 2. The minimum atomic E-state index is -0.598. The first-order valence-corrected chi connectivity index (χ1v) is 6.51. The summed E-state index contributed by atoms with van der Waals surface area (Å²) in [4.78, 5) is 12.1. The molecular formula is C16H17FN2O2. The monoisotopic (exact) mass is 288 g/mol. The zero-order valence-corrected chi connectivity index (χ0v) is 11.9. The number of nitrogen functional groups attached to an aromatic ring is 1. The fourth-order valence-electron chi connectivity index (χ4n) is 1.99. The Labute approximate surface area is 122 Å². The molecular weight excluding hydrogens is 271 g/mol. The molecule has 0 aliphatic rings. The van der Waals surface area contributed by atoms with E-state index in [1.807, 2.05) is 31.2 Å². The number of nitrogens with one attached hydrogen (secondary N) is 1. The zero-order chi connectivity index (χ0) is 15.4. The molecule has 0 saturated heterocycles. The van der Waals surface area contributed by atoms with E-state index in [2.05, 4.69) is 5.32 Å². The maximum absolute atomic E-state index is 13.7. The molecule has 0 spiro atoms. The van der Waals surface area contributed by atoms with Crippen LogP contribution in [0.1, 0.15) is 28.9 Å². The molecule has 5 heteroatoms. The molecule has 0 aliphatic heterocycles. The van der Waals surface area contributed by atoms with Crippen molar-refractivity contribution in [3.8, 4) is 5.75 Å². The van der Waals surface area contributed by atoms with E-state index in [0.717, 1.165) is 5.56 Å². The lowest BCUT2D eigenvalue weighted by Crippen LogP contribution is -2.27. The maximum Gasteiger partial charge on any atom is 0.254 e. The van der Waals surface area contributed by atoms with E-state index in [-0.39, 0.29) is 11.6 Å². The third-order valence-corrected chi connectivity index (χ3v) is 3.18. The van der Waals surface area contributed by atoms with Crippen molar-refractivity contribution in [2.24, 2.45) is 0 Å². The molecule has 0 bridgehead atoms. The summed E-state index contributed by atoms with van der Waals surface area (Å²) in [5, 5.41) is 2.74. The number of nitrogens with two attached hydrogens (primary N) is 1. The number of rotatable bonds is 4. The Morgan fingerprint density at radius 3 is 2.76 bits per heavy atom. The Morgan fingerprint density at radius 1 is 1.29 bits per heavy atom. The van der Waals surface area contributed by atoms with E-state index in [0.29, 0.717) is 11.4 Å². The second-order valence-electron chi connectivity index (χ2n) is 4.71. The van der Waals surface area contributed by atoms with Gasteiger partial charge in [0, 0.05) is 5.69 Å². The molecule has 2 aromatic carbocycles. The SMILES string of the molecule is COc1cccc(C(C)NC(=O)c2cc(N)ccc2F)c1. The molecule has 1 unspecified atom stereocenters. The molecule has 3 N–H and O–H groups in total. The van der Waals surface area contributed by atoms with Crippen LogP contribution in [0.5, 0.6) is 5.75 Å². The largest absolute Gasteiger partial charge is 0.497 e. The molecule has 21 heavy (non-hydrogen) atoms. The van der Waals surface area contributed by atoms with E-state index in [1.54, 1.807) is 7.11 Å². The number of anilines is 1. The summed E-state index contributed by atoms with van der Waals surface area (Å²) >= 11 is 0. The summed E-state index contributed by atoms with van der Waals surface area (Å²) in [6, 6.07) is 11.0. The third-order valence-electron chi connectivity index (χ3n) is 3.18. The average molecular weight is 288 g/mol. The van der Waals surface area contributed by atoms with Crippen LogP contribution in [0.4, 0.5) is 10.1 Å². The lowest BCUT2D eigenvalue weighted by molar-refractivity contribution is 0.0936. The van der Waals surface area contributed by atoms with E-state index in [9.17, 15) is 9.18 Å². The van der Waals surface area contributed by atoms with Gasteiger partial charge in [-0.3, -0.25) is 4.79 Å². The second-order valence-corrected chi connectivity index (χ2v) is 4.71. The zero-order valence-electron chi connectivity index (χ0n) is 11.9. The molecule has 4 nitrogen and oxygen atoms in total. The summed E-state index contributed by atoms with van der Waals surface area (Å²) in [6.45, 7) is 1.82. The van der Waals surface area contributed by atoms with Gasteiger partial charge in [-0.1, -0.05) is 12.1 Å². The van der Waals surface area contributed by atoms with Gasteiger partial charge in [0.1, 0.15) is 11.6 Å². The molecule has 0 heterocycles. The molecule has 1 amide bonds. The molecule has 2 rings (SSSR count). The van der Waals surface area contributed by atoms with Gasteiger partial charge in [-0.15, -0.1) is 0 Å². The number of carbonyl (C=O) groups excluding carboxylic acids is 1. The third kappa shape index (κ3) is 3.51. The van der Waals surface area contributed by atoms with Crippen LogP contribution in [0.3, 0.4) is 0 Å². The normalized spacial score (nSPS) is 11.8. The fourth-order valence-corrected chi connectivity index (χ4v) is 1.99. The molecule has 0 fully saturated rings. The maximum atomic E-state index is 13.7. The molecule has 2 aromatic rings. The van der Waals surface area contributed by atoms with Crippen molar-refractivity contribution in [2.45, 2.75) is 13.0 Å². The second kappa shape index (κ2) is 6.26. The summed E-state index contributed by atoms with van der Waals surface area (Å²) in [6.07, 6.45) is 0. The predicted molar refractivity (Wildman–Crippen MR) is 79.7 cm³/mol. The van der Waals surface area contributed by atoms with E-state index in [1.165, 1.54) is 18.2 Å². The summed E-state index contributed by atoms with van der Waals surface area (Å²) in [5.41, 5.74) is 6.73. The van der Waals surface area contributed by atoms with Gasteiger partial charge in [0.2, 0.25) is 0 Å². The van der Waals surface area contributed by atoms with Crippen LogP contribution in [0.15, 0.2) is 42.5 Å². The van der Waals surface area contributed by atoms with Crippen LogP contribution < -0.4 is 15.8 Å². The van der Waals surface area contributed by atoms with E-state index in [4.69, 9.17) is 10.5 Å². The van der Waals surface area contributed by atoms with Crippen LogP contribution in [-0.2, 0) is 0 Å². The van der Waals surface area contributed by atoms with Crippen molar-refractivity contribution in [1.29, 1.82) is 0 Å². The Hall–Kier alpha value is -2.56. The van der Waals surface area contributed by atoms with Gasteiger partial charge in [0.25, 0.3) is 5.91 Å². The first-order chi connectivity index (χ1) is 10.0. The molecule has 0 aliphatic carbocycles. The fraction of sp³-hybridized carbons (Fsp3) is 0.188. The summed E-state index contributed by atoms with van der Waals surface area (Å²) < 4.78 is 18.8. The Morgan fingerprint density at radius 2 is 2.05 bits per heavy atom. The number of hydrogen-bond acceptors (Lipinski definition) is 3. The van der Waals surface area contributed by atoms with Crippen molar-refractivity contribution < 1.29 is 13.9 Å². The number of amides is 1. The van der Waals surface area contributed by atoms with Crippen molar-refractivity contribution >= 4 is 11.6 Å². The lowest BCUT2D eigenvalue weighted by Gasteiger charge is -2.15. The van der Waals surface area contributed by atoms with Gasteiger partial charge in [0.05, 0.1) is 18.7 Å². The molecule has 110 valence electrons. The van der Waals surface area contributed by atoms with Crippen LogP contribution in [0.25, 0.3) is 0 Å². The average Bonchev–Trinajstić information content (AvgIpc) is 2.49. The van der Waals surface area contributed by atoms with Crippen molar-refractivity contribution in [2.75, 3.05) is 12.8 Å². The molecule has 0 radical (unpaired) electrons. The first-order valence-electron chi connectivity index (χ1n) is 6.51. The van der Waals surface area contributed by atoms with Crippen LogP contribution in [-0.4, -0.2) is 13.0 Å². The first kappa shape index (κ1) is 14.8. The highest BCUT2D eigenvalue weighted by Gasteiger charge is 2.15. The number of carbonyl (C=O) groups is 1. The number of ether oxygens (including phenoxy) is 1. The minimum Gasteiger partial charge on any atom is -0.497 e. The molecule has 0 saturated carbocycles. The quantitative estimate of drug-likeness (QED) is 0.850. The lowest BCUT2D eigenvalue weighted by atomic mass is 10.1. The Balaban J connectivity index is 2.16. The molecule has 0 aromatic heterocycles. The highest BCUT2D eigenvalue weighted by Crippen LogP contribution is 2.20. The number of hydrogen-bond donors (Lipinski definition) is 2. The minimum absolute atomic E-state index is 0.0650. The van der Waals surface area contributed by atoms with Gasteiger partial charge < -0.3 is 15.8 Å². The van der Waals surface area contributed by atoms with Gasteiger partial charge >= 0.3 is 0 Å². The van der Waals surface area contributed by atoms with Gasteiger partial charge in [-0.2, -0.15) is 0 Å². The number of methoxy groups -OCH3 is 1. The highest BCUT2D eigenvalue weighted by molar-refractivity contribution is 5.95. The standard InChI is InChI=1S/C16H17FN2O2/c1-10(11-4-3-5-13(8-11)21-2)19-16(20)14-9-12(18)6-7-15(14)17/h3-10H,18H2,1-2H3,(H,19,20). The van der Waals surface area contributed by atoms with Crippen molar-refractivity contribution in [1.82, 2.24) is 5.32 Å². The van der Waals surface area contributed by atoms with E-state index < -0.39 is 11.7 Å².